The lowest BCUT2D eigenvalue weighted by Crippen LogP contribution is -2.45. The number of amides is 1. The molecule has 8 rings (SSSR count). The SMILES string of the molecule is COc1cc2c(cc1OCCCOc1cc3c(cc1OC)C(=O)N1Cc4ccccc4C[C@H]1CN3)N=C[C@@H]1Cc3ccccc3CN1C2O. The molecule has 2 N–H and O–H groups in total. The van der Waals surface area contributed by atoms with Crippen LogP contribution in [0.5, 0.6) is 23.0 Å². The van der Waals surface area contributed by atoms with Crippen LogP contribution in [0.25, 0.3) is 0 Å². The summed E-state index contributed by atoms with van der Waals surface area (Å²) in [7, 11) is 3.18. The van der Waals surface area contributed by atoms with Crippen molar-refractivity contribution in [1.29, 1.82) is 0 Å². The van der Waals surface area contributed by atoms with Crippen LogP contribution in [0.1, 0.15) is 50.8 Å². The number of fused-ring (bicyclic) bond motifs is 6. The van der Waals surface area contributed by atoms with E-state index in [4.69, 9.17) is 23.9 Å². The minimum absolute atomic E-state index is 0.00893. The number of aliphatic hydroxyl groups excluding tert-OH is 1. The Hall–Kier alpha value is -5.06. The summed E-state index contributed by atoms with van der Waals surface area (Å²) in [5.41, 5.74) is 7.67. The molecule has 0 bridgehead atoms. The quantitative estimate of drug-likeness (QED) is 0.233. The third kappa shape index (κ3) is 5.85. The summed E-state index contributed by atoms with van der Waals surface area (Å²) in [4.78, 5) is 22.5. The molecule has 0 saturated heterocycles. The molecule has 4 aromatic carbocycles. The summed E-state index contributed by atoms with van der Waals surface area (Å²) in [6.45, 7) is 2.63. The molecule has 0 spiro atoms. The molecule has 3 atom stereocenters. The summed E-state index contributed by atoms with van der Waals surface area (Å²) < 4.78 is 23.7. The van der Waals surface area contributed by atoms with Crippen LogP contribution in [0.3, 0.4) is 0 Å². The van der Waals surface area contributed by atoms with E-state index in [-0.39, 0.29) is 18.0 Å². The van der Waals surface area contributed by atoms with Gasteiger partial charge in [-0.3, -0.25) is 14.7 Å². The Morgan fingerprint density at radius 2 is 1.47 bits per heavy atom. The number of anilines is 1. The Kier molecular flexibility index (Phi) is 8.35. The second-order valence-electron chi connectivity index (χ2n) is 13.0. The van der Waals surface area contributed by atoms with E-state index in [0.29, 0.717) is 79.1 Å². The van der Waals surface area contributed by atoms with Gasteiger partial charge in [0.2, 0.25) is 0 Å². The number of nitrogens with one attached hydrogen (secondary N) is 1. The highest BCUT2D eigenvalue weighted by Crippen LogP contribution is 2.43. The molecule has 4 heterocycles. The molecule has 1 unspecified atom stereocenters. The average Bonchev–Trinajstić information content (AvgIpc) is 3.35. The lowest BCUT2D eigenvalue weighted by Gasteiger charge is -2.37. The minimum atomic E-state index is -0.828. The Balaban J connectivity index is 0.922. The molecule has 49 heavy (non-hydrogen) atoms. The molecular formula is C39H40N4O6. The van der Waals surface area contributed by atoms with Crippen LogP contribution in [-0.2, 0) is 25.9 Å². The van der Waals surface area contributed by atoms with E-state index in [2.05, 4.69) is 46.6 Å². The maximum absolute atomic E-state index is 13.7. The number of nitrogens with zero attached hydrogens (tertiary/aromatic N) is 3. The standard InChI is InChI=1S/C39H40N4O6/c1-46-34-16-30-32(40-20-28-14-24-8-3-5-10-26(24)22-42(28)38(30)44)18-36(34)48-12-7-13-49-37-19-33-31(17-35(37)47-2)39(45)43-23-27-11-6-4-9-25(27)15-29(43)21-41-33/h3-6,8-11,16-20,28-29,38,41,44H,7,12-15,21-23H2,1-2H3/t28-,29-,38?/m0/s1. The second-order valence-corrected chi connectivity index (χ2v) is 13.0. The predicted molar refractivity (Wildman–Crippen MR) is 186 cm³/mol. The number of hydrogen-bond acceptors (Lipinski definition) is 9. The van der Waals surface area contributed by atoms with Gasteiger partial charge in [0, 0.05) is 50.0 Å². The van der Waals surface area contributed by atoms with E-state index in [1.807, 2.05) is 41.4 Å². The fraction of sp³-hybridized carbons (Fsp3) is 0.333. The van der Waals surface area contributed by atoms with Crippen LogP contribution < -0.4 is 24.3 Å². The van der Waals surface area contributed by atoms with Gasteiger partial charge in [-0.25, -0.2) is 0 Å². The molecule has 0 radical (unpaired) electrons. The van der Waals surface area contributed by atoms with Crippen LogP contribution in [0.15, 0.2) is 77.8 Å². The van der Waals surface area contributed by atoms with Gasteiger partial charge >= 0.3 is 0 Å². The maximum Gasteiger partial charge on any atom is 0.256 e. The smallest absolute Gasteiger partial charge is 0.256 e. The molecular weight excluding hydrogens is 620 g/mol. The van der Waals surface area contributed by atoms with Gasteiger partial charge in [0.05, 0.1) is 56.5 Å². The van der Waals surface area contributed by atoms with E-state index in [0.717, 1.165) is 18.5 Å². The van der Waals surface area contributed by atoms with E-state index < -0.39 is 6.23 Å². The molecule has 0 fully saturated rings. The summed E-state index contributed by atoms with van der Waals surface area (Å²) >= 11 is 0. The van der Waals surface area contributed by atoms with Gasteiger partial charge in [0.1, 0.15) is 6.23 Å². The van der Waals surface area contributed by atoms with Crippen molar-refractivity contribution in [3.8, 4) is 23.0 Å². The zero-order chi connectivity index (χ0) is 33.5. The molecule has 252 valence electrons. The first kappa shape index (κ1) is 31.2. The third-order valence-electron chi connectivity index (χ3n) is 10.1. The van der Waals surface area contributed by atoms with Crippen molar-refractivity contribution in [3.63, 3.8) is 0 Å². The zero-order valence-electron chi connectivity index (χ0n) is 27.7. The lowest BCUT2D eigenvalue weighted by atomic mass is 9.94. The topological polar surface area (TPSA) is 105 Å². The van der Waals surface area contributed by atoms with E-state index in [9.17, 15) is 9.90 Å². The highest BCUT2D eigenvalue weighted by Gasteiger charge is 2.36. The molecule has 4 aliphatic heterocycles. The van der Waals surface area contributed by atoms with Gasteiger partial charge in [-0.2, -0.15) is 0 Å². The van der Waals surface area contributed by atoms with E-state index in [1.54, 1.807) is 20.3 Å². The van der Waals surface area contributed by atoms with Crippen LogP contribution >= 0.6 is 0 Å². The fourth-order valence-corrected chi connectivity index (χ4v) is 7.44. The zero-order valence-corrected chi connectivity index (χ0v) is 27.7. The van der Waals surface area contributed by atoms with Crippen molar-refractivity contribution in [2.45, 2.75) is 50.7 Å². The number of aliphatic imine (C=N–C) groups is 1. The number of methoxy groups -OCH3 is 2. The number of ether oxygens (including phenoxy) is 4. The second kappa shape index (κ2) is 13.1. The number of rotatable bonds is 8. The summed E-state index contributed by atoms with van der Waals surface area (Å²) in [5.74, 6) is 2.15. The molecule has 0 aromatic heterocycles. The number of carbonyl (C=O) groups is 1. The van der Waals surface area contributed by atoms with Crippen molar-refractivity contribution >= 4 is 23.5 Å². The molecule has 0 saturated carbocycles. The Morgan fingerprint density at radius 1 is 0.816 bits per heavy atom. The molecule has 4 aliphatic rings. The van der Waals surface area contributed by atoms with Crippen molar-refractivity contribution < 1.29 is 28.8 Å². The van der Waals surface area contributed by atoms with Crippen LogP contribution in [0.2, 0.25) is 0 Å². The summed E-state index contributed by atoms with van der Waals surface area (Å²) in [6, 6.07) is 24.1. The normalized spacial score (nSPS) is 20.6. The van der Waals surface area contributed by atoms with Crippen molar-refractivity contribution in [2.24, 2.45) is 4.99 Å². The highest BCUT2D eigenvalue weighted by atomic mass is 16.5. The summed E-state index contributed by atoms with van der Waals surface area (Å²) in [5, 5.41) is 15.0. The van der Waals surface area contributed by atoms with Gasteiger partial charge in [0.25, 0.3) is 5.91 Å². The van der Waals surface area contributed by atoms with E-state index >= 15 is 0 Å². The van der Waals surface area contributed by atoms with Gasteiger partial charge < -0.3 is 34.3 Å². The molecule has 1 amide bonds. The van der Waals surface area contributed by atoms with Gasteiger partial charge in [-0.05, 0) is 47.2 Å². The Bertz CT molecular complexity index is 1930. The Morgan fingerprint density at radius 3 is 2.20 bits per heavy atom. The number of aliphatic hydroxyl groups is 1. The van der Waals surface area contributed by atoms with E-state index in [1.165, 1.54) is 22.3 Å². The number of hydrogen-bond donors (Lipinski definition) is 2. The lowest BCUT2D eigenvalue weighted by molar-refractivity contribution is -0.0197. The largest absolute Gasteiger partial charge is 0.493 e. The van der Waals surface area contributed by atoms with Gasteiger partial charge in [0.15, 0.2) is 23.0 Å². The monoisotopic (exact) mass is 660 g/mol. The first-order valence-electron chi connectivity index (χ1n) is 16.9. The van der Waals surface area contributed by atoms with Crippen LogP contribution in [-0.4, -0.2) is 73.1 Å². The number of carbonyl (C=O) groups excluding carboxylic acids is 1. The maximum atomic E-state index is 13.7. The molecule has 4 aromatic rings. The first-order chi connectivity index (χ1) is 24.0. The molecule has 0 aliphatic carbocycles. The fourth-order valence-electron chi connectivity index (χ4n) is 7.44. The molecule has 10 nitrogen and oxygen atoms in total. The minimum Gasteiger partial charge on any atom is -0.493 e. The Labute approximate surface area is 285 Å². The van der Waals surface area contributed by atoms with Crippen LogP contribution in [0, 0.1) is 0 Å². The van der Waals surface area contributed by atoms with Crippen molar-refractivity contribution in [3.05, 3.63) is 106 Å². The van der Waals surface area contributed by atoms with Crippen molar-refractivity contribution in [2.75, 3.05) is 39.3 Å². The predicted octanol–water partition coefficient (Wildman–Crippen LogP) is 5.68. The number of benzene rings is 4. The highest BCUT2D eigenvalue weighted by molar-refractivity contribution is 6.01. The molecule has 10 heteroatoms. The van der Waals surface area contributed by atoms with Crippen molar-refractivity contribution in [1.82, 2.24) is 9.80 Å². The third-order valence-corrected chi connectivity index (χ3v) is 10.1. The van der Waals surface area contributed by atoms with Gasteiger partial charge in [-0.15, -0.1) is 0 Å². The average molecular weight is 661 g/mol. The van der Waals surface area contributed by atoms with Crippen LogP contribution in [0.4, 0.5) is 11.4 Å². The van der Waals surface area contributed by atoms with Gasteiger partial charge in [-0.1, -0.05) is 48.5 Å². The first-order valence-corrected chi connectivity index (χ1v) is 16.9. The summed E-state index contributed by atoms with van der Waals surface area (Å²) in [6.07, 6.45) is 3.29.